The molecule has 0 radical (unpaired) electrons. The maximum absolute atomic E-state index is 13.4. The molecule has 1 aliphatic carbocycles. The molecule has 1 fully saturated rings. The van der Waals surface area contributed by atoms with Crippen LogP contribution in [0.2, 0.25) is 0 Å². The standard InChI is InChI=1S/C13H15F3N4O/c1-17-13(19-7-2-3-7)18-6-10(21)20-9-5-4-8(14)11(15)12(9)16/h4-5,7H,2-3,6H2,1H3,(H,20,21)(H2,17,18,19). The number of halogens is 3. The molecule has 5 nitrogen and oxygen atoms in total. The molecule has 1 aliphatic rings. The van der Waals surface area contributed by atoms with Gasteiger partial charge >= 0.3 is 0 Å². The molecule has 1 saturated carbocycles. The van der Waals surface area contributed by atoms with Crippen molar-refractivity contribution in [2.24, 2.45) is 4.99 Å². The van der Waals surface area contributed by atoms with Crippen LogP contribution in [0.4, 0.5) is 18.9 Å². The summed E-state index contributed by atoms with van der Waals surface area (Å²) in [5.41, 5.74) is -0.411. The molecule has 21 heavy (non-hydrogen) atoms. The molecule has 2 rings (SSSR count). The zero-order chi connectivity index (χ0) is 15.4. The molecule has 8 heteroatoms. The summed E-state index contributed by atoms with van der Waals surface area (Å²) >= 11 is 0. The first-order valence-electron chi connectivity index (χ1n) is 6.41. The summed E-state index contributed by atoms with van der Waals surface area (Å²) < 4.78 is 39.2. The number of nitrogens with one attached hydrogen (secondary N) is 3. The van der Waals surface area contributed by atoms with Gasteiger partial charge in [0.2, 0.25) is 5.91 Å². The summed E-state index contributed by atoms with van der Waals surface area (Å²) in [6.45, 7) is -0.176. The van der Waals surface area contributed by atoms with Crippen LogP contribution in [0.5, 0.6) is 0 Å². The van der Waals surface area contributed by atoms with Crippen molar-refractivity contribution in [2.75, 3.05) is 18.9 Å². The number of carbonyl (C=O) groups excluding carboxylic acids is 1. The van der Waals surface area contributed by atoms with E-state index in [1.54, 1.807) is 7.05 Å². The molecule has 0 unspecified atom stereocenters. The van der Waals surface area contributed by atoms with E-state index in [4.69, 9.17) is 0 Å². The van der Waals surface area contributed by atoms with Gasteiger partial charge in [0.15, 0.2) is 23.4 Å². The maximum atomic E-state index is 13.4. The minimum absolute atomic E-state index is 0.176. The van der Waals surface area contributed by atoms with Gasteiger partial charge in [0.25, 0.3) is 0 Å². The normalized spacial score (nSPS) is 14.8. The smallest absolute Gasteiger partial charge is 0.243 e. The molecule has 0 aromatic heterocycles. The van der Waals surface area contributed by atoms with E-state index in [0.29, 0.717) is 12.0 Å². The van der Waals surface area contributed by atoms with Crippen LogP contribution in [0.1, 0.15) is 12.8 Å². The van der Waals surface area contributed by atoms with Crippen LogP contribution >= 0.6 is 0 Å². The highest BCUT2D eigenvalue weighted by molar-refractivity contribution is 5.95. The molecule has 114 valence electrons. The van der Waals surface area contributed by atoms with Gasteiger partial charge in [-0.15, -0.1) is 0 Å². The quantitative estimate of drug-likeness (QED) is 0.447. The highest BCUT2D eigenvalue weighted by Crippen LogP contribution is 2.19. The topological polar surface area (TPSA) is 65.5 Å². The lowest BCUT2D eigenvalue weighted by atomic mass is 10.2. The minimum atomic E-state index is -1.62. The number of amides is 1. The Hall–Kier alpha value is -2.25. The molecule has 0 aliphatic heterocycles. The fourth-order valence-corrected chi connectivity index (χ4v) is 1.60. The van der Waals surface area contributed by atoms with Crippen molar-refractivity contribution in [3.05, 3.63) is 29.6 Å². The van der Waals surface area contributed by atoms with Crippen molar-refractivity contribution < 1.29 is 18.0 Å². The Bertz CT molecular complexity index is 573. The van der Waals surface area contributed by atoms with Crippen LogP contribution in [0.15, 0.2) is 17.1 Å². The molecular formula is C13H15F3N4O. The van der Waals surface area contributed by atoms with Gasteiger partial charge < -0.3 is 16.0 Å². The van der Waals surface area contributed by atoms with Gasteiger partial charge in [0.1, 0.15) is 0 Å². The molecule has 0 heterocycles. The second kappa shape index (κ2) is 6.47. The van der Waals surface area contributed by atoms with E-state index in [1.807, 2.05) is 0 Å². The molecule has 0 bridgehead atoms. The van der Waals surface area contributed by atoms with Crippen molar-refractivity contribution in [1.82, 2.24) is 10.6 Å². The zero-order valence-electron chi connectivity index (χ0n) is 11.3. The number of carbonyl (C=O) groups is 1. The number of anilines is 1. The van der Waals surface area contributed by atoms with Gasteiger partial charge in [-0.25, -0.2) is 13.2 Å². The second-order valence-corrected chi connectivity index (χ2v) is 4.62. The number of nitrogens with zero attached hydrogens (tertiary/aromatic N) is 1. The lowest BCUT2D eigenvalue weighted by Gasteiger charge is -2.11. The largest absolute Gasteiger partial charge is 0.354 e. The Kier molecular flexibility index (Phi) is 4.66. The fourth-order valence-electron chi connectivity index (χ4n) is 1.60. The predicted octanol–water partition coefficient (Wildman–Crippen LogP) is 1.37. The Balaban J connectivity index is 1.88. The van der Waals surface area contributed by atoms with Crippen molar-refractivity contribution in [3.63, 3.8) is 0 Å². The van der Waals surface area contributed by atoms with E-state index < -0.39 is 29.0 Å². The Morgan fingerprint density at radius 1 is 1.29 bits per heavy atom. The monoisotopic (exact) mass is 300 g/mol. The number of hydrogen-bond acceptors (Lipinski definition) is 2. The van der Waals surface area contributed by atoms with Crippen LogP contribution < -0.4 is 16.0 Å². The van der Waals surface area contributed by atoms with Crippen LogP contribution in [-0.2, 0) is 4.79 Å². The van der Waals surface area contributed by atoms with Gasteiger partial charge in [-0.05, 0) is 25.0 Å². The van der Waals surface area contributed by atoms with E-state index in [-0.39, 0.29) is 6.54 Å². The lowest BCUT2D eigenvalue weighted by molar-refractivity contribution is -0.115. The molecule has 3 N–H and O–H groups in total. The Morgan fingerprint density at radius 3 is 2.62 bits per heavy atom. The third kappa shape index (κ3) is 4.11. The minimum Gasteiger partial charge on any atom is -0.354 e. The van der Waals surface area contributed by atoms with Gasteiger partial charge in [-0.2, -0.15) is 0 Å². The average molecular weight is 300 g/mol. The second-order valence-electron chi connectivity index (χ2n) is 4.62. The summed E-state index contributed by atoms with van der Waals surface area (Å²) in [6.07, 6.45) is 2.10. The number of guanidine groups is 1. The third-order valence-electron chi connectivity index (χ3n) is 2.87. The number of aliphatic imine (C=N–C) groups is 1. The van der Waals surface area contributed by atoms with E-state index in [0.717, 1.165) is 25.0 Å². The molecule has 1 aromatic rings. The van der Waals surface area contributed by atoms with Gasteiger partial charge in [-0.3, -0.25) is 9.79 Å². The first-order chi connectivity index (χ1) is 10.0. The summed E-state index contributed by atoms with van der Waals surface area (Å²) in [5, 5.41) is 7.97. The molecule has 1 aromatic carbocycles. The third-order valence-corrected chi connectivity index (χ3v) is 2.87. The average Bonchev–Trinajstić information content (AvgIpc) is 3.28. The summed E-state index contributed by atoms with van der Waals surface area (Å²) in [6, 6.07) is 2.07. The van der Waals surface area contributed by atoms with E-state index in [2.05, 4.69) is 20.9 Å². The van der Waals surface area contributed by atoms with Crippen molar-refractivity contribution >= 4 is 17.6 Å². The van der Waals surface area contributed by atoms with Crippen LogP contribution in [0.3, 0.4) is 0 Å². The van der Waals surface area contributed by atoms with Crippen molar-refractivity contribution in [3.8, 4) is 0 Å². The first-order valence-corrected chi connectivity index (χ1v) is 6.41. The van der Waals surface area contributed by atoms with Crippen molar-refractivity contribution in [1.29, 1.82) is 0 Å². The van der Waals surface area contributed by atoms with Gasteiger partial charge in [-0.1, -0.05) is 0 Å². The predicted molar refractivity (Wildman–Crippen MR) is 72.5 cm³/mol. The molecule has 1 amide bonds. The number of hydrogen-bond donors (Lipinski definition) is 3. The lowest BCUT2D eigenvalue weighted by Crippen LogP contribution is -2.42. The highest BCUT2D eigenvalue weighted by Gasteiger charge is 2.22. The van der Waals surface area contributed by atoms with Crippen molar-refractivity contribution in [2.45, 2.75) is 18.9 Å². The number of rotatable bonds is 4. The summed E-state index contributed by atoms with van der Waals surface area (Å²) in [7, 11) is 1.56. The highest BCUT2D eigenvalue weighted by atomic mass is 19.2. The molecule has 0 atom stereocenters. The van der Waals surface area contributed by atoms with Gasteiger partial charge in [0.05, 0.1) is 12.2 Å². The van der Waals surface area contributed by atoms with Gasteiger partial charge in [0, 0.05) is 13.1 Å². The Morgan fingerprint density at radius 2 is 2.00 bits per heavy atom. The van der Waals surface area contributed by atoms with E-state index >= 15 is 0 Å². The maximum Gasteiger partial charge on any atom is 0.243 e. The summed E-state index contributed by atoms with van der Waals surface area (Å²) in [4.78, 5) is 15.6. The zero-order valence-corrected chi connectivity index (χ0v) is 11.3. The SMILES string of the molecule is CN=C(NCC(=O)Nc1ccc(F)c(F)c1F)NC1CC1. The van der Waals surface area contributed by atoms with Crippen LogP contribution in [0.25, 0.3) is 0 Å². The van der Waals surface area contributed by atoms with E-state index in [9.17, 15) is 18.0 Å². The Labute approximate surface area is 119 Å². The number of benzene rings is 1. The molecule has 0 spiro atoms. The molecular weight excluding hydrogens is 285 g/mol. The first kappa shape index (κ1) is 15.1. The van der Waals surface area contributed by atoms with Crippen LogP contribution in [0, 0.1) is 17.5 Å². The summed E-state index contributed by atoms with van der Waals surface area (Å²) in [5.74, 6) is -4.49. The van der Waals surface area contributed by atoms with E-state index in [1.165, 1.54) is 0 Å². The molecule has 0 saturated heterocycles. The van der Waals surface area contributed by atoms with Crippen LogP contribution in [-0.4, -0.2) is 31.5 Å². The fraction of sp³-hybridized carbons (Fsp3) is 0.385.